The van der Waals surface area contributed by atoms with Crippen LogP contribution in [0.25, 0.3) is 0 Å². The number of Topliss-reactive ketones (excluding diaryl/α,β-unsaturated/α-hetero) is 1. The number of nitrogens with two attached hydrogens (primary N) is 1. The van der Waals surface area contributed by atoms with Gasteiger partial charge in [-0.2, -0.15) is 0 Å². The first-order valence-electron chi connectivity index (χ1n) is 6.76. The maximum Gasteiger partial charge on any atom is 0.164 e. The minimum Gasteiger partial charge on any atom is -0.330 e. The Labute approximate surface area is 119 Å². The molecule has 0 bridgehead atoms. The topological polar surface area (TPSA) is 43.1 Å². The number of carbonyl (C=O) groups is 1. The average Bonchev–Trinajstić information content (AvgIpc) is 2.39. The molecule has 2 nitrogen and oxygen atoms in total. The van der Waals surface area contributed by atoms with Gasteiger partial charge in [0.2, 0.25) is 0 Å². The molecule has 1 aromatic rings. The van der Waals surface area contributed by atoms with E-state index in [1.165, 1.54) is 18.2 Å². The van der Waals surface area contributed by atoms with Gasteiger partial charge in [-0.1, -0.05) is 31.4 Å². The molecular weight excluding hydrogens is 265 g/mol. The van der Waals surface area contributed by atoms with E-state index in [9.17, 15) is 9.18 Å². The summed E-state index contributed by atoms with van der Waals surface area (Å²) in [5, 5.41) is 0.317. The second kappa shape index (κ2) is 8.28. The molecule has 0 saturated heterocycles. The Hall–Kier alpha value is -0.930. The van der Waals surface area contributed by atoms with E-state index in [4.69, 9.17) is 17.3 Å². The van der Waals surface area contributed by atoms with Gasteiger partial charge >= 0.3 is 0 Å². The van der Waals surface area contributed by atoms with Crippen LogP contribution in [0.1, 0.15) is 49.4 Å². The van der Waals surface area contributed by atoms with E-state index in [1.807, 2.05) is 0 Å². The van der Waals surface area contributed by atoms with E-state index < -0.39 is 5.82 Å². The smallest absolute Gasteiger partial charge is 0.164 e. The molecule has 4 heteroatoms. The largest absolute Gasteiger partial charge is 0.330 e. The van der Waals surface area contributed by atoms with Crippen LogP contribution in [0.3, 0.4) is 0 Å². The lowest BCUT2D eigenvalue weighted by atomic mass is 9.92. The van der Waals surface area contributed by atoms with Gasteiger partial charge in [-0.25, -0.2) is 4.39 Å². The highest BCUT2D eigenvalue weighted by Crippen LogP contribution is 2.22. The quantitative estimate of drug-likeness (QED) is 0.727. The van der Waals surface area contributed by atoms with Crippen molar-refractivity contribution in [3.63, 3.8) is 0 Å². The summed E-state index contributed by atoms with van der Waals surface area (Å²) in [6, 6.07) is 3.89. The van der Waals surface area contributed by atoms with Gasteiger partial charge in [0.25, 0.3) is 0 Å². The van der Waals surface area contributed by atoms with Crippen LogP contribution in [0.5, 0.6) is 0 Å². The minimum atomic E-state index is -0.431. The molecular formula is C15H21ClFNO. The van der Waals surface area contributed by atoms with Crippen LogP contribution < -0.4 is 5.73 Å². The first kappa shape index (κ1) is 16.1. The Morgan fingerprint density at radius 2 is 2.11 bits per heavy atom. The third-order valence-electron chi connectivity index (χ3n) is 3.28. The van der Waals surface area contributed by atoms with E-state index >= 15 is 0 Å². The molecule has 0 aliphatic heterocycles. The average molecular weight is 286 g/mol. The summed E-state index contributed by atoms with van der Waals surface area (Å²) in [7, 11) is 0. The third-order valence-corrected chi connectivity index (χ3v) is 3.61. The van der Waals surface area contributed by atoms with E-state index in [-0.39, 0.29) is 11.3 Å². The van der Waals surface area contributed by atoms with Gasteiger partial charge in [-0.05, 0) is 43.5 Å². The monoisotopic (exact) mass is 285 g/mol. The maximum atomic E-state index is 13.1. The summed E-state index contributed by atoms with van der Waals surface area (Å²) in [5.41, 5.74) is 5.85. The summed E-state index contributed by atoms with van der Waals surface area (Å²) in [6.45, 7) is 2.76. The van der Waals surface area contributed by atoms with Crippen LogP contribution in [0.2, 0.25) is 5.02 Å². The predicted octanol–water partition coefficient (Wildman–Crippen LogP) is 4.21. The molecule has 1 rings (SSSR count). The molecule has 0 spiro atoms. The molecule has 0 aromatic heterocycles. The van der Waals surface area contributed by atoms with Crippen molar-refractivity contribution in [2.45, 2.75) is 39.0 Å². The predicted molar refractivity (Wildman–Crippen MR) is 77.0 cm³/mol. The molecule has 2 N–H and O–H groups in total. The molecule has 1 unspecified atom stereocenters. The van der Waals surface area contributed by atoms with Crippen LogP contribution in [-0.2, 0) is 0 Å². The second-order valence-corrected chi connectivity index (χ2v) is 5.23. The Kier molecular flexibility index (Phi) is 7.03. The fraction of sp³-hybridized carbons (Fsp3) is 0.533. The molecule has 19 heavy (non-hydrogen) atoms. The fourth-order valence-corrected chi connectivity index (χ4v) is 2.48. The van der Waals surface area contributed by atoms with Crippen molar-refractivity contribution >= 4 is 17.4 Å². The van der Waals surface area contributed by atoms with E-state index in [0.717, 1.165) is 25.7 Å². The van der Waals surface area contributed by atoms with Gasteiger partial charge in [0.1, 0.15) is 5.82 Å². The molecule has 106 valence electrons. The van der Waals surface area contributed by atoms with Gasteiger partial charge in [0.05, 0.1) is 5.02 Å². The summed E-state index contributed by atoms with van der Waals surface area (Å²) >= 11 is 5.92. The van der Waals surface area contributed by atoms with Crippen LogP contribution in [0.4, 0.5) is 4.39 Å². The molecule has 0 heterocycles. The number of hydrogen-bond acceptors (Lipinski definition) is 2. The Bertz CT molecular complexity index is 417. The van der Waals surface area contributed by atoms with Gasteiger partial charge < -0.3 is 5.73 Å². The zero-order valence-corrected chi connectivity index (χ0v) is 12.0. The van der Waals surface area contributed by atoms with Crippen molar-refractivity contribution in [2.24, 2.45) is 11.7 Å². The number of ketones is 1. The van der Waals surface area contributed by atoms with E-state index in [2.05, 4.69) is 6.92 Å². The second-order valence-electron chi connectivity index (χ2n) is 4.82. The zero-order valence-electron chi connectivity index (χ0n) is 11.3. The number of carbonyl (C=O) groups excluding carboxylic acids is 1. The first-order valence-corrected chi connectivity index (χ1v) is 7.14. The molecule has 1 atom stereocenters. The maximum absolute atomic E-state index is 13.1. The lowest BCUT2D eigenvalue weighted by molar-refractivity contribution is 0.0972. The van der Waals surface area contributed by atoms with Crippen molar-refractivity contribution < 1.29 is 9.18 Å². The Balaban J connectivity index is 2.61. The summed E-state index contributed by atoms with van der Waals surface area (Å²) in [5.74, 6) is -0.0614. The van der Waals surface area contributed by atoms with Crippen molar-refractivity contribution in [1.82, 2.24) is 0 Å². The number of rotatable bonds is 8. The van der Waals surface area contributed by atoms with Gasteiger partial charge in [0.15, 0.2) is 5.78 Å². The molecule has 1 aromatic carbocycles. The van der Waals surface area contributed by atoms with E-state index in [1.54, 1.807) is 0 Å². The van der Waals surface area contributed by atoms with Crippen molar-refractivity contribution in [3.8, 4) is 0 Å². The fourth-order valence-electron chi connectivity index (χ4n) is 2.26. The molecule has 0 fully saturated rings. The van der Waals surface area contributed by atoms with Crippen molar-refractivity contribution in [2.75, 3.05) is 6.54 Å². The van der Waals surface area contributed by atoms with Crippen LogP contribution in [-0.4, -0.2) is 12.3 Å². The van der Waals surface area contributed by atoms with Crippen LogP contribution in [0.15, 0.2) is 18.2 Å². The Morgan fingerprint density at radius 3 is 2.74 bits per heavy atom. The number of hydrogen-bond donors (Lipinski definition) is 1. The third kappa shape index (κ3) is 5.29. The Morgan fingerprint density at radius 1 is 1.37 bits per heavy atom. The highest BCUT2D eigenvalue weighted by Gasteiger charge is 2.14. The first-order chi connectivity index (χ1) is 9.08. The lowest BCUT2D eigenvalue weighted by Gasteiger charge is -2.14. The molecule has 0 radical (unpaired) electrons. The normalized spacial score (nSPS) is 12.4. The van der Waals surface area contributed by atoms with Gasteiger partial charge in [-0.3, -0.25) is 4.79 Å². The minimum absolute atomic E-state index is 0.0948. The van der Waals surface area contributed by atoms with Crippen molar-refractivity contribution in [3.05, 3.63) is 34.6 Å². The summed E-state index contributed by atoms with van der Waals surface area (Å²) < 4.78 is 13.1. The highest BCUT2D eigenvalue weighted by atomic mass is 35.5. The van der Waals surface area contributed by atoms with Crippen molar-refractivity contribution in [1.29, 1.82) is 0 Å². The number of halogens is 2. The lowest BCUT2D eigenvalue weighted by Crippen LogP contribution is -2.11. The molecule has 0 aliphatic rings. The molecule has 0 saturated carbocycles. The highest BCUT2D eigenvalue weighted by molar-refractivity contribution is 6.33. The molecule has 0 aliphatic carbocycles. The summed E-state index contributed by atoms with van der Waals surface area (Å²) in [6.07, 6.45) is 4.27. The summed E-state index contributed by atoms with van der Waals surface area (Å²) in [4.78, 5) is 12.0. The molecule has 0 amide bonds. The van der Waals surface area contributed by atoms with Gasteiger partial charge in [-0.15, -0.1) is 0 Å². The zero-order chi connectivity index (χ0) is 14.3. The van der Waals surface area contributed by atoms with E-state index in [0.29, 0.717) is 23.9 Å². The number of benzene rings is 1. The van der Waals surface area contributed by atoms with Gasteiger partial charge in [0, 0.05) is 12.0 Å². The standard InChI is InChI=1S/C15H21ClFNO/c1-2-3-11(8-9-18)4-7-15(19)13-10-12(17)5-6-14(13)16/h5-6,10-11H,2-4,7-9,18H2,1H3. The van der Waals surface area contributed by atoms with Crippen LogP contribution >= 0.6 is 11.6 Å². The van der Waals surface area contributed by atoms with Crippen LogP contribution in [0, 0.1) is 11.7 Å². The SMILES string of the molecule is CCCC(CCN)CCC(=O)c1cc(F)ccc1Cl.